The Morgan fingerprint density at radius 3 is 2.33 bits per heavy atom. The van der Waals surface area contributed by atoms with E-state index in [-0.39, 0.29) is 16.1 Å². The number of anilines is 1. The molecule has 0 radical (unpaired) electrons. The van der Waals surface area contributed by atoms with Crippen molar-refractivity contribution in [3.8, 4) is 0 Å². The van der Waals surface area contributed by atoms with E-state index in [1.54, 1.807) is 32.0 Å². The first-order valence-corrected chi connectivity index (χ1v) is 11.2. The second kappa shape index (κ2) is 9.39. The molecule has 146 valence electrons. The highest BCUT2D eigenvalue weighted by atomic mass is 32.2. The van der Waals surface area contributed by atoms with Gasteiger partial charge >= 0.3 is 0 Å². The molecule has 1 N–H and O–H groups in total. The van der Waals surface area contributed by atoms with Gasteiger partial charge in [0.15, 0.2) is 0 Å². The largest absolute Gasteiger partial charge is 0.325 e. The van der Waals surface area contributed by atoms with Gasteiger partial charge in [-0.1, -0.05) is 37.6 Å². The second-order valence-corrected chi connectivity index (χ2v) is 9.53. The molecule has 27 heavy (non-hydrogen) atoms. The average Bonchev–Trinajstić information content (AvgIpc) is 2.64. The lowest BCUT2D eigenvalue weighted by atomic mass is 10.2. The Morgan fingerprint density at radius 2 is 1.74 bits per heavy atom. The number of benzene rings is 2. The minimum absolute atomic E-state index is 0.169. The molecule has 2 aromatic carbocycles. The molecule has 0 aliphatic heterocycles. The van der Waals surface area contributed by atoms with Crippen molar-refractivity contribution < 1.29 is 13.2 Å². The van der Waals surface area contributed by atoms with Crippen molar-refractivity contribution in [3.05, 3.63) is 54.1 Å². The number of carbonyl (C=O) groups is 1. The summed E-state index contributed by atoms with van der Waals surface area (Å²) in [6.07, 6.45) is 0. The normalized spacial score (nSPS) is 12.8. The van der Waals surface area contributed by atoms with Gasteiger partial charge in [0.05, 0.1) is 10.1 Å². The Morgan fingerprint density at radius 1 is 1.11 bits per heavy atom. The van der Waals surface area contributed by atoms with E-state index >= 15 is 0 Å². The van der Waals surface area contributed by atoms with Crippen molar-refractivity contribution in [2.75, 3.05) is 18.4 Å². The maximum Gasteiger partial charge on any atom is 0.243 e. The zero-order valence-corrected chi connectivity index (χ0v) is 17.7. The number of amides is 1. The molecule has 1 amide bonds. The Bertz CT molecular complexity index is 876. The first-order chi connectivity index (χ1) is 12.8. The van der Waals surface area contributed by atoms with Crippen molar-refractivity contribution >= 4 is 33.4 Å². The van der Waals surface area contributed by atoms with Crippen LogP contribution in [0.3, 0.4) is 0 Å². The first kappa shape index (κ1) is 21.5. The molecular weight excluding hydrogens is 380 g/mol. The molecule has 0 heterocycles. The summed E-state index contributed by atoms with van der Waals surface area (Å²) in [5, 5.41) is 2.51. The number of nitrogens with one attached hydrogen (secondary N) is 1. The lowest BCUT2D eigenvalue weighted by Crippen LogP contribution is -2.30. The summed E-state index contributed by atoms with van der Waals surface area (Å²) >= 11 is 1.46. The van der Waals surface area contributed by atoms with E-state index < -0.39 is 10.0 Å². The predicted octanol–water partition coefficient (Wildman–Crippen LogP) is 4.14. The molecule has 5 nitrogen and oxygen atoms in total. The molecule has 0 spiro atoms. The molecule has 0 bridgehead atoms. The predicted molar refractivity (Wildman–Crippen MR) is 112 cm³/mol. The summed E-state index contributed by atoms with van der Waals surface area (Å²) in [4.78, 5) is 13.7. The first-order valence-electron chi connectivity index (χ1n) is 8.92. The highest BCUT2D eigenvalue weighted by Crippen LogP contribution is 2.25. The van der Waals surface area contributed by atoms with Gasteiger partial charge in [0.1, 0.15) is 0 Å². The van der Waals surface area contributed by atoms with E-state index in [0.717, 1.165) is 4.90 Å². The maximum absolute atomic E-state index is 12.6. The molecule has 0 aromatic heterocycles. The van der Waals surface area contributed by atoms with Gasteiger partial charge < -0.3 is 5.32 Å². The molecule has 0 aliphatic rings. The zero-order valence-electron chi connectivity index (χ0n) is 16.1. The van der Waals surface area contributed by atoms with Crippen molar-refractivity contribution in [1.82, 2.24) is 4.31 Å². The Balaban J connectivity index is 2.10. The highest BCUT2D eigenvalue weighted by Gasteiger charge is 2.22. The summed E-state index contributed by atoms with van der Waals surface area (Å²) in [5.41, 5.74) is 1.65. The summed E-state index contributed by atoms with van der Waals surface area (Å²) in [6.45, 7) is 8.26. The van der Waals surface area contributed by atoms with Gasteiger partial charge in [-0.2, -0.15) is 4.31 Å². The van der Waals surface area contributed by atoms with Gasteiger partial charge in [-0.05, 0) is 44.2 Å². The van der Waals surface area contributed by atoms with Crippen LogP contribution < -0.4 is 5.32 Å². The van der Waals surface area contributed by atoms with Gasteiger partial charge in [-0.3, -0.25) is 4.79 Å². The van der Waals surface area contributed by atoms with E-state index in [2.05, 4.69) is 5.32 Å². The summed E-state index contributed by atoms with van der Waals surface area (Å²) in [5.74, 6) is -0.169. The van der Waals surface area contributed by atoms with Crippen molar-refractivity contribution in [2.45, 2.75) is 42.7 Å². The molecular formula is C20H26N2O3S2. The van der Waals surface area contributed by atoms with Crippen LogP contribution in [0.25, 0.3) is 0 Å². The van der Waals surface area contributed by atoms with Crippen molar-refractivity contribution in [1.29, 1.82) is 0 Å². The fourth-order valence-corrected chi connectivity index (χ4v) is 4.94. The van der Waals surface area contributed by atoms with Crippen LogP contribution in [0.5, 0.6) is 0 Å². The van der Waals surface area contributed by atoms with Gasteiger partial charge in [0.2, 0.25) is 15.9 Å². The van der Waals surface area contributed by atoms with Gasteiger partial charge in [0, 0.05) is 23.7 Å². The summed E-state index contributed by atoms with van der Waals surface area (Å²) < 4.78 is 26.7. The zero-order chi connectivity index (χ0) is 20.0. The number of nitrogens with zero attached hydrogens (tertiary/aromatic N) is 1. The van der Waals surface area contributed by atoms with E-state index in [1.165, 1.54) is 27.7 Å². The molecule has 0 unspecified atom stereocenters. The van der Waals surface area contributed by atoms with E-state index in [0.29, 0.717) is 18.8 Å². The second-order valence-electron chi connectivity index (χ2n) is 6.18. The number of carbonyl (C=O) groups excluding carboxylic acids is 1. The number of rotatable bonds is 8. The number of hydrogen-bond acceptors (Lipinski definition) is 4. The molecule has 0 saturated carbocycles. The Hall–Kier alpha value is -1.83. The van der Waals surface area contributed by atoms with Crippen LogP contribution in [0.4, 0.5) is 5.69 Å². The number of aryl methyl sites for hydroxylation is 1. The SMILES string of the molecule is CCN(CC)S(=O)(=O)c1cccc(NC(=O)[C@@H](C)Sc2ccc(C)cc2)c1. The van der Waals surface area contributed by atoms with Crippen LogP contribution in [0.2, 0.25) is 0 Å². The molecule has 2 rings (SSSR count). The van der Waals surface area contributed by atoms with E-state index in [9.17, 15) is 13.2 Å². The summed E-state index contributed by atoms with van der Waals surface area (Å²) in [6, 6.07) is 14.4. The van der Waals surface area contributed by atoms with Crippen molar-refractivity contribution in [2.24, 2.45) is 0 Å². The topological polar surface area (TPSA) is 66.5 Å². The van der Waals surface area contributed by atoms with Gasteiger partial charge in [0.25, 0.3) is 0 Å². The lowest BCUT2D eigenvalue weighted by Gasteiger charge is -2.19. The summed E-state index contributed by atoms with van der Waals surface area (Å²) in [7, 11) is -3.56. The average molecular weight is 407 g/mol. The third-order valence-corrected chi connectivity index (χ3v) is 7.31. The maximum atomic E-state index is 12.6. The number of thioether (sulfide) groups is 1. The lowest BCUT2D eigenvalue weighted by molar-refractivity contribution is -0.115. The Labute approximate surface area is 166 Å². The van der Waals surface area contributed by atoms with Crippen LogP contribution >= 0.6 is 11.8 Å². The fraction of sp³-hybridized carbons (Fsp3) is 0.350. The Kier molecular flexibility index (Phi) is 7.47. The highest BCUT2D eigenvalue weighted by molar-refractivity contribution is 8.00. The van der Waals surface area contributed by atoms with Crippen LogP contribution in [0, 0.1) is 6.92 Å². The standard InChI is InChI=1S/C20H26N2O3S2/c1-5-22(6-2)27(24,25)19-9-7-8-17(14-19)21-20(23)16(4)26-18-12-10-15(3)11-13-18/h7-14,16H,5-6H2,1-4H3,(H,21,23)/t16-/m1/s1. The molecule has 0 saturated heterocycles. The van der Waals surface area contributed by atoms with Crippen LogP contribution in [-0.4, -0.2) is 37.0 Å². The van der Waals surface area contributed by atoms with Crippen LogP contribution in [0.1, 0.15) is 26.3 Å². The third kappa shape index (κ3) is 5.57. The van der Waals surface area contributed by atoms with Crippen LogP contribution in [-0.2, 0) is 14.8 Å². The smallest absolute Gasteiger partial charge is 0.243 e. The molecule has 0 aliphatic carbocycles. The van der Waals surface area contributed by atoms with E-state index in [4.69, 9.17) is 0 Å². The van der Waals surface area contributed by atoms with E-state index in [1.807, 2.05) is 38.1 Å². The monoisotopic (exact) mass is 406 g/mol. The molecule has 7 heteroatoms. The number of sulfonamides is 1. The van der Waals surface area contributed by atoms with Crippen molar-refractivity contribution in [3.63, 3.8) is 0 Å². The molecule has 2 aromatic rings. The minimum Gasteiger partial charge on any atom is -0.325 e. The molecule has 0 fully saturated rings. The van der Waals surface area contributed by atoms with Gasteiger partial charge in [-0.15, -0.1) is 11.8 Å². The fourth-order valence-electron chi connectivity index (χ4n) is 2.57. The molecule has 1 atom stereocenters. The van der Waals surface area contributed by atoms with Crippen LogP contribution in [0.15, 0.2) is 58.3 Å². The number of hydrogen-bond donors (Lipinski definition) is 1. The quantitative estimate of drug-likeness (QED) is 0.669. The third-order valence-electron chi connectivity index (χ3n) is 4.15. The minimum atomic E-state index is -3.56. The van der Waals surface area contributed by atoms with Gasteiger partial charge in [-0.25, -0.2) is 8.42 Å².